The lowest BCUT2D eigenvalue weighted by Crippen LogP contribution is -2.33. The molecule has 0 aliphatic carbocycles. The second kappa shape index (κ2) is 6.98. The number of likely N-dealkylation sites (tertiary alicyclic amines) is 1. The van der Waals surface area contributed by atoms with E-state index in [9.17, 15) is 13.2 Å². The van der Waals surface area contributed by atoms with Crippen LogP contribution in [0.5, 0.6) is 0 Å². The summed E-state index contributed by atoms with van der Waals surface area (Å²) < 4.78 is 26.9. The minimum Gasteiger partial charge on any atom is -0.337 e. The number of carbonyl (C=O) groups is 1. The van der Waals surface area contributed by atoms with Gasteiger partial charge in [0, 0.05) is 37.8 Å². The molecule has 6 nitrogen and oxygen atoms in total. The minimum atomic E-state index is -3.58. The molecule has 128 valence electrons. The predicted octanol–water partition coefficient (Wildman–Crippen LogP) is 1.20. The minimum absolute atomic E-state index is 0.00303. The fourth-order valence-electron chi connectivity index (χ4n) is 2.87. The first kappa shape index (κ1) is 17.9. The van der Waals surface area contributed by atoms with Crippen molar-refractivity contribution in [1.29, 1.82) is 0 Å². The standard InChI is InChI=1S/C16H25N3O3S/c1-4-19(5-2)23(21,22)15-10-13(7-6-12(15)3)16(20)18-9-8-14(17)11-18/h6-7,10,14H,4-5,8-9,11,17H2,1-3H3/t14-/m1/s1. The van der Waals surface area contributed by atoms with Gasteiger partial charge in [0.05, 0.1) is 4.90 Å². The molecule has 1 amide bonds. The van der Waals surface area contributed by atoms with E-state index in [2.05, 4.69) is 0 Å². The van der Waals surface area contributed by atoms with E-state index in [4.69, 9.17) is 5.73 Å². The third-order valence-corrected chi connectivity index (χ3v) is 6.46. The van der Waals surface area contributed by atoms with Crippen LogP contribution in [0.15, 0.2) is 23.1 Å². The zero-order chi connectivity index (χ0) is 17.2. The van der Waals surface area contributed by atoms with Gasteiger partial charge in [0.1, 0.15) is 0 Å². The van der Waals surface area contributed by atoms with E-state index < -0.39 is 10.0 Å². The molecular weight excluding hydrogens is 314 g/mol. The van der Waals surface area contributed by atoms with Crippen LogP contribution in [-0.4, -0.2) is 55.8 Å². The fourth-order valence-corrected chi connectivity index (χ4v) is 4.58. The molecule has 0 radical (unpaired) electrons. The van der Waals surface area contributed by atoms with Crippen molar-refractivity contribution in [3.63, 3.8) is 0 Å². The lowest BCUT2D eigenvalue weighted by molar-refractivity contribution is 0.0790. The van der Waals surface area contributed by atoms with Crippen LogP contribution < -0.4 is 5.73 Å². The molecule has 1 atom stereocenters. The molecule has 1 aromatic carbocycles. The van der Waals surface area contributed by atoms with Crippen LogP contribution in [0.25, 0.3) is 0 Å². The summed E-state index contributed by atoms with van der Waals surface area (Å²) in [5.74, 6) is -0.158. The van der Waals surface area contributed by atoms with Crippen molar-refractivity contribution in [3.8, 4) is 0 Å². The number of sulfonamides is 1. The van der Waals surface area contributed by atoms with Crippen molar-refractivity contribution in [3.05, 3.63) is 29.3 Å². The summed E-state index contributed by atoms with van der Waals surface area (Å²) in [6.45, 7) is 7.29. The molecule has 0 saturated carbocycles. The van der Waals surface area contributed by atoms with Crippen LogP contribution in [-0.2, 0) is 10.0 Å². The molecule has 2 N–H and O–H groups in total. The number of nitrogens with zero attached hydrogens (tertiary/aromatic N) is 2. The summed E-state index contributed by atoms with van der Waals surface area (Å²) in [7, 11) is -3.58. The molecule has 7 heteroatoms. The van der Waals surface area contributed by atoms with Gasteiger partial charge in [-0.1, -0.05) is 19.9 Å². The number of hydrogen-bond donors (Lipinski definition) is 1. The van der Waals surface area contributed by atoms with Gasteiger partial charge in [-0.3, -0.25) is 4.79 Å². The van der Waals surface area contributed by atoms with Crippen molar-refractivity contribution in [2.24, 2.45) is 5.73 Å². The van der Waals surface area contributed by atoms with Crippen LogP contribution in [0, 0.1) is 6.92 Å². The van der Waals surface area contributed by atoms with E-state index in [0.29, 0.717) is 37.3 Å². The normalized spacial score (nSPS) is 18.7. The number of benzene rings is 1. The van der Waals surface area contributed by atoms with Gasteiger partial charge in [-0.25, -0.2) is 8.42 Å². The Labute approximate surface area is 138 Å². The van der Waals surface area contributed by atoms with Gasteiger partial charge in [0.2, 0.25) is 10.0 Å². The van der Waals surface area contributed by atoms with Gasteiger partial charge in [-0.15, -0.1) is 0 Å². The highest BCUT2D eigenvalue weighted by atomic mass is 32.2. The second-order valence-corrected chi connectivity index (χ2v) is 7.78. The largest absolute Gasteiger partial charge is 0.337 e. The molecule has 23 heavy (non-hydrogen) atoms. The Morgan fingerprint density at radius 2 is 2.00 bits per heavy atom. The second-order valence-electron chi connectivity index (χ2n) is 5.87. The van der Waals surface area contributed by atoms with Gasteiger partial charge in [-0.2, -0.15) is 4.31 Å². The van der Waals surface area contributed by atoms with Crippen molar-refractivity contribution in [1.82, 2.24) is 9.21 Å². The zero-order valence-electron chi connectivity index (χ0n) is 13.9. The summed E-state index contributed by atoms with van der Waals surface area (Å²) in [6.07, 6.45) is 0.780. The summed E-state index contributed by atoms with van der Waals surface area (Å²) >= 11 is 0. The molecule has 2 rings (SSSR count). The Balaban J connectivity index is 2.38. The fraction of sp³-hybridized carbons (Fsp3) is 0.562. The summed E-state index contributed by atoms with van der Waals surface area (Å²) in [4.78, 5) is 14.4. The van der Waals surface area contributed by atoms with Gasteiger partial charge >= 0.3 is 0 Å². The molecule has 1 heterocycles. The Hall–Kier alpha value is -1.44. The van der Waals surface area contributed by atoms with E-state index in [1.54, 1.807) is 37.8 Å². The van der Waals surface area contributed by atoms with Crippen molar-refractivity contribution in [2.75, 3.05) is 26.2 Å². The number of nitrogens with two attached hydrogens (primary N) is 1. The van der Waals surface area contributed by atoms with E-state index in [0.717, 1.165) is 6.42 Å². The molecule has 1 fully saturated rings. The quantitative estimate of drug-likeness (QED) is 0.874. The lowest BCUT2D eigenvalue weighted by atomic mass is 10.1. The third-order valence-electron chi connectivity index (χ3n) is 4.27. The van der Waals surface area contributed by atoms with Crippen LogP contribution in [0.1, 0.15) is 36.2 Å². The molecule has 1 saturated heterocycles. The summed E-state index contributed by atoms with van der Waals surface area (Å²) in [5.41, 5.74) is 6.89. The monoisotopic (exact) mass is 339 g/mol. The average Bonchev–Trinajstić information content (AvgIpc) is 2.94. The number of carbonyl (C=O) groups excluding carboxylic acids is 1. The highest BCUT2D eigenvalue weighted by Crippen LogP contribution is 2.23. The van der Waals surface area contributed by atoms with Crippen LogP contribution >= 0.6 is 0 Å². The Morgan fingerprint density at radius 3 is 2.52 bits per heavy atom. The maximum atomic E-state index is 12.7. The van der Waals surface area contributed by atoms with Gasteiger partial charge < -0.3 is 10.6 Å². The number of hydrogen-bond acceptors (Lipinski definition) is 4. The van der Waals surface area contributed by atoms with Gasteiger partial charge in [0.15, 0.2) is 0 Å². The first-order chi connectivity index (χ1) is 10.8. The van der Waals surface area contributed by atoms with Gasteiger partial charge in [0.25, 0.3) is 5.91 Å². The first-order valence-electron chi connectivity index (χ1n) is 7.96. The van der Waals surface area contributed by atoms with E-state index in [1.165, 1.54) is 10.4 Å². The number of rotatable bonds is 5. The van der Waals surface area contributed by atoms with Crippen LogP contribution in [0.2, 0.25) is 0 Å². The zero-order valence-corrected chi connectivity index (χ0v) is 14.8. The van der Waals surface area contributed by atoms with Crippen molar-refractivity contribution >= 4 is 15.9 Å². The van der Waals surface area contributed by atoms with Crippen molar-refractivity contribution in [2.45, 2.75) is 38.1 Å². The lowest BCUT2D eigenvalue weighted by Gasteiger charge is -2.21. The summed E-state index contributed by atoms with van der Waals surface area (Å²) in [5, 5.41) is 0. The molecule has 1 aliphatic heterocycles. The Bertz CT molecular complexity index is 684. The van der Waals surface area contributed by atoms with Crippen molar-refractivity contribution < 1.29 is 13.2 Å². The Kier molecular flexibility index (Phi) is 5.44. The summed E-state index contributed by atoms with van der Waals surface area (Å²) in [6, 6.07) is 4.88. The maximum absolute atomic E-state index is 12.7. The van der Waals surface area contributed by atoms with E-state index >= 15 is 0 Å². The number of amides is 1. The van der Waals surface area contributed by atoms with E-state index in [-0.39, 0.29) is 16.8 Å². The molecule has 0 unspecified atom stereocenters. The molecule has 0 bridgehead atoms. The maximum Gasteiger partial charge on any atom is 0.253 e. The Morgan fingerprint density at radius 1 is 1.35 bits per heavy atom. The molecule has 0 aromatic heterocycles. The first-order valence-corrected chi connectivity index (χ1v) is 9.40. The molecule has 1 aliphatic rings. The topological polar surface area (TPSA) is 83.7 Å². The number of aryl methyl sites for hydroxylation is 1. The third kappa shape index (κ3) is 3.57. The van der Waals surface area contributed by atoms with Crippen LogP contribution in [0.3, 0.4) is 0 Å². The molecular formula is C16H25N3O3S. The van der Waals surface area contributed by atoms with Gasteiger partial charge in [-0.05, 0) is 31.0 Å². The average molecular weight is 339 g/mol. The molecule has 0 spiro atoms. The molecule has 1 aromatic rings. The smallest absolute Gasteiger partial charge is 0.253 e. The highest BCUT2D eigenvalue weighted by Gasteiger charge is 2.28. The SMILES string of the molecule is CCN(CC)S(=O)(=O)c1cc(C(=O)N2CC[C@@H](N)C2)ccc1C. The van der Waals surface area contributed by atoms with E-state index in [1.807, 2.05) is 0 Å². The predicted molar refractivity (Wildman–Crippen MR) is 89.8 cm³/mol. The highest BCUT2D eigenvalue weighted by molar-refractivity contribution is 7.89. The van der Waals surface area contributed by atoms with Crippen LogP contribution in [0.4, 0.5) is 0 Å².